The summed E-state index contributed by atoms with van der Waals surface area (Å²) in [5, 5.41) is 0. The van der Waals surface area contributed by atoms with Gasteiger partial charge in [0.2, 0.25) is 0 Å². The molecule has 1 aromatic carbocycles. The van der Waals surface area contributed by atoms with E-state index in [1.807, 2.05) is 0 Å². The van der Waals surface area contributed by atoms with Crippen molar-refractivity contribution in [3.8, 4) is 0 Å². The van der Waals surface area contributed by atoms with Crippen molar-refractivity contribution in [2.75, 3.05) is 0 Å². The van der Waals surface area contributed by atoms with Crippen LogP contribution in [0, 0.1) is 34.0 Å². The molecule has 1 unspecified atom stereocenters. The van der Waals surface area contributed by atoms with Gasteiger partial charge in [0.1, 0.15) is 5.78 Å². The summed E-state index contributed by atoms with van der Waals surface area (Å²) >= 11 is 0. The van der Waals surface area contributed by atoms with E-state index in [1.54, 1.807) is 0 Å². The second kappa shape index (κ2) is 3.76. The summed E-state index contributed by atoms with van der Waals surface area (Å²) in [7, 11) is 0. The first-order chi connectivity index (χ1) is 10.9. The Morgan fingerprint density at radius 3 is 2.43 bits per heavy atom. The van der Waals surface area contributed by atoms with E-state index < -0.39 is 0 Å². The minimum atomic E-state index is -0.0926. The average Bonchev–Trinajstić information content (AvgIpc) is 2.93. The predicted molar refractivity (Wildman–Crippen MR) is 92.1 cm³/mol. The van der Waals surface area contributed by atoms with Crippen molar-refractivity contribution in [3.05, 3.63) is 35.9 Å². The molecule has 0 N–H and O–H groups in total. The molecule has 0 aromatic heterocycles. The zero-order valence-electron chi connectivity index (χ0n) is 14.9. The van der Waals surface area contributed by atoms with Gasteiger partial charge in [0.05, 0.1) is 0 Å². The van der Waals surface area contributed by atoms with E-state index in [9.17, 15) is 4.79 Å². The number of hydrogen-bond donors (Lipinski definition) is 0. The first-order valence-electron chi connectivity index (χ1n) is 9.45. The number of Topliss-reactive ketones (excluding diaryl/α,β-unsaturated/α-hetero) is 1. The van der Waals surface area contributed by atoms with Gasteiger partial charge >= 0.3 is 0 Å². The average molecular weight is 308 g/mol. The van der Waals surface area contributed by atoms with Crippen molar-refractivity contribution in [3.63, 3.8) is 0 Å². The Hall–Kier alpha value is -1.11. The molecule has 1 heteroatoms. The van der Waals surface area contributed by atoms with Crippen LogP contribution in [0.3, 0.4) is 0 Å². The number of carbonyl (C=O) groups is 1. The first kappa shape index (κ1) is 14.3. The molecular formula is C22H28O. The van der Waals surface area contributed by atoms with Gasteiger partial charge < -0.3 is 0 Å². The summed E-state index contributed by atoms with van der Waals surface area (Å²) in [6.07, 6.45) is 4.87. The van der Waals surface area contributed by atoms with E-state index in [-0.39, 0.29) is 27.6 Å². The fraction of sp³-hybridized carbons (Fsp3) is 0.682. The van der Waals surface area contributed by atoms with Crippen LogP contribution < -0.4 is 0 Å². The van der Waals surface area contributed by atoms with Crippen molar-refractivity contribution < 1.29 is 4.79 Å². The van der Waals surface area contributed by atoms with Crippen LogP contribution >= 0.6 is 0 Å². The van der Waals surface area contributed by atoms with Gasteiger partial charge in [0.25, 0.3) is 0 Å². The number of benzene rings is 1. The lowest BCUT2D eigenvalue weighted by molar-refractivity contribution is -0.138. The summed E-state index contributed by atoms with van der Waals surface area (Å²) in [5.74, 6) is 2.14. The molecule has 23 heavy (non-hydrogen) atoms. The molecule has 1 spiro atoms. The molecule has 0 saturated heterocycles. The molecule has 4 saturated carbocycles. The van der Waals surface area contributed by atoms with Crippen molar-refractivity contribution in [1.29, 1.82) is 0 Å². The molecule has 4 aliphatic rings. The van der Waals surface area contributed by atoms with Crippen LogP contribution in [0.1, 0.15) is 58.9 Å². The number of rotatable bonds is 1. The summed E-state index contributed by atoms with van der Waals surface area (Å²) in [6, 6.07) is 11.1. The van der Waals surface area contributed by atoms with Crippen LogP contribution in [0.4, 0.5) is 0 Å². The summed E-state index contributed by atoms with van der Waals surface area (Å²) in [5.41, 5.74) is 1.99. The van der Waals surface area contributed by atoms with Crippen molar-refractivity contribution in [2.24, 2.45) is 34.0 Å². The van der Waals surface area contributed by atoms with Gasteiger partial charge in [-0.15, -0.1) is 0 Å². The smallest absolute Gasteiger partial charge is 0.143 e. The molecule has 1 aromatic rings. The lowest BCUT2D eigenvalue weighted by Crippen LogP contribution is -2.48. The monoisotopic (exact) mass is 308 g/mol. The Bertz CT molecular complexity index is 704. The molecule has 0 radical (unpaired) electrons. The fourth-order valence-electron chi connectivity index (χ4n) is 8.70. The van der Waals surface area contributed by atoms with Gasteiger partial charge in [0.15, 0.2) is 0 Å². The Morgan fingerprint density at radius 2 is 1.74 bits per heavy atom. The van der Waals surface area contributed by atoms with Crippen molar-refractivity contribution in [1.82, 2.24) is 0 Å². The highest BCUT2D eigenvalue weighted by molar-refractivity contribution is 5.97. The van der Waals surface area contributed by atoms with E-state index in [1.165, 1.54) is 24.8 Å². The maximum absolute atomic E-state index is 13.6. The Morgan fingerprint density at radius 1 is 1.04 bits per heavy atom. The number of hydrogen-bond acceptors (Lipinski definition) is 1. The zero-order valence-corrected chi connectivity index (χ0v) is 14.9. The molecule has 0 bridgehead atoms. The third kappa shape index (κ3) is 1.11. The van der Waals surface area contributed by atoms with Gasteiger partial charge in [-0.1, -0.05) is 64.4 Å². The summed E-state index contributed by atoms with van der Waals surface area (Å²) < 4.78 is 0. The Labute approximate surface area is 139 Å². The van der Waals surface area contributed by atoms with Crippen LogP contribution in [-0.4, -0.2) is 5.78 Å². The van der Waals surface area contributed by atoms with Gasteiger partial charge in [-0.3, -0.25) is 4.79 Å². The molecule has 0 aliphatic heterocycles. The van der Waals surface area contributed by atoms with Crippen molar-refractivity contribution in [2.45, 2.75) is 58.8 Å². The molecule has 4 fully saturated rings. The van der Waals surface area contributed by atoms with E-state index in [0.29, 0.717) is 11.7 Å². The van der Waals surface area contributed by atoms with Gasteiger partial charge in [-0.05, 0) is 42.1 Å². The zero-order chi connectivity index (χ0) is 16.3. The predicted octanol–water partition coefficient (Wildman–Crippen LogP) is 5.00. The summed E-state index contributed by atoms with van der Waals surface area (Å²) in [4.78, 5) is 13.6. The lowest BCUT2D eigenvalue weighted by Gasteiger charge is -2.51. The molecule has 6 atom stereocenters. The maximum Gasteiger partial charge on any atom is 0.143 e. The minimum absolute atomic E-state index is 0.0926. The lowest BCUT2D eigenvalue weighted by atomic mass is 9.52. The normalized spacial score (nSPS) is 52.2. The SMILES string of the molecule is C[C@@H]1C[C@@H]2C3(c4ccccc4)[C@H]1C(=O)[C@@]1(C)CCCC(C)(C)[C@@]231. The summed E-state index contributed by atoms with van der Waals surface area (Å²) in [6.45, 7) is 9.61. The van der Waals surface area contributed by atoms with Crippen LogP contribution in [0.2, 0.25) is 0 Å². The molecule has 0 heterocycles. The quantitative estimate of drug-likeness (QED) is 0.714. The maximum atomic E-state index is 13.6. The molecular weight excluding hydrogens is 280 g/mol. The number of ketones is 1. The Kier molecular flexibility index (Phi) is 2.33. The van der Waals surface area contributed by atoms with E-state index in [2.05, 4.69) is 58.0 Å². The number of carbonyl (C=O) groups excluding carboxylic acids is 1. The molecule has 122 valence electrons. The van der Waals surface area contributed by atoms with E-state index in [0.717, 1.165) is 12.3 Å². The highest BCUT2D eigenvalue weighted by atomic mass is 16.1. The topological polar surface area (TPSA) is 17.1 Å². The third-order valence-corrected chi connectivity index (χ3v) is 8.80. The van der Waals surface area contributed by atoms with Gasteiger partial charge in [-0.25, -0.2) is 0 Å². The van der Waals surface area contributed by atoms with Crippen LogP contribution in [0.25, 0.3) is 0 Å². The molecule has 0 amide bonds. The highest BCUT2D eigenvalue weighted by Gasteiger charge is 2.96. The van der Waals surface area contributed by atoms with Crippen LogP contribution in [0.15, 0.2) is 30.3 Å². The third-order valence-electron chi connectivity index (χ3n) is 8.80. The van der Waals surface area contributed by atoms with Gasteiger partial charge in [-0.2, -0.15) is 0 Å². The van der Waals surface area contributed by atoms with Gasteiger partial charge in [0, 0.05) is 22.2 Å². The second-order valence-electron chi connectivity index (χ2n) is 9.72. The highest BCUT2D eigenvalue weighted by Crippen LogP contribution is 2.95. The standard InChI is InChI=1S/C22H28O/c1-14-13-16-21(15-9-6-5-7-10-15)17(14)18(23)20(4)12-8-11-19(2,3)22(16,20)21/h5-7,9-10,14,16-17H,8,11-13H2,1-4H3/t14-,16-,17-,20-,21?,22-/m1/s1. The largest absolute Gasteiger partial charge is 0.299 e. The van der Waals surface area contributed by atoms with Crippen LogP contribution in [-0.2, 0) is 10.2 Å². The molecule has 5 rings (SSSR count). The van der Waals surface area contributed by atoms with Crippen molar-refractivity contribution >= 4 is 5.78 Å². The Balaban J connectivity index is 1.84. The van der Waals surface area contributed by atoms with E-state index >= 15 is 0 Å². The van der Waals surface area contributed by atoms with E-state index in [4.69, 9.17) is 0 Å². The minimum Gasteiger partial charge on any atom is -0.299 e. The fourth-order valence-corrected chi connectivity index (χ4v) is 8.70. The second-order valence-corrected chi connectivity index (χ2v) is 9.72. The molecule has 4 aliphatic carbocycles. The first-order valence-corrected chi connectivity index (χ1v) is 9.45. The van der Waals surface area contributed by atoms with Crippen LogP contribution in [0.5, 0.6) is 0 Å². The molecule has 1 nitrogen and oxygen atoms in total.